The fourth-order valence-corrected chi connectivity index (χ4v) is 3.72. The highest BCUT2D eigenvalue weighted by atomic mass is 35.5. The van der Waals surface area contributed by atoms with E-state index in [1.165, 1.54) is 16.7 Å². The highest BCUT2D eigenvalue weighted by molar-refractivity contribution is 8.14. The van der Waals surface area contributed by atoms with Gasteiger partial charge in [-0.15, -0.1) is 0 Å². The Labute approximate surface area is 161 Å². The average Bonchev–Trinajstić information content (AvgIpc) is 2.97. The molecular formula is C19H18ClN3O2S. The summed E-state index contributed by atoms with van der Waals surface area (Å²) in [7, 11) is 0. The number of carbonyl (C=O) groups is 2. The lowest BCUT2D eigenvalue weighted by Gasteiger charge is -2.19. The van der Waals surface area contributed by atoms with Crippen LogP contribution in [0.15, 0.2) is 47.5 Å². The van der Waals surface area contributed by atoms with Gasteiger partial charge in [0.05, 0.1) is 16.5 Å². The van der Waals surface area contributed by atoms with Gasteiger partial charge in [-0.05, 0) is 37.1 Å². The molecule has 0 saturated carbocycles. The molecular weight excluding hydrogens is 370 g/mol. The van der Waals surface area contributed by atoms with Crippen molar-refractivity contribution in [3.63, 3.8) is 0 Å². The molecule has 7 heteroatoms. The Bertz CT molecular complexity index is 878. The number of thioether (sulfide) groups is 1. The number of nitrogens with one attached hydrogen (secondary N) is 1. The monoisotopic (exact) mass is 387 g/mol. The second-order valence-corrected chi connectivity index (χ2v) is 7.23. The molecule has 134 valence electrons. The fraction of sp³-hybridized carbons (Fsp3) is 0.211. The molecule has 0 radical (unpaired) electrons. The first kappa shape index (κ1) is 18.5. The molecule has 1 aliphatic rings. The van der Waals surface area contributed by atoms with Crippen molar-refractivity contribution in [1.29, 1.82) is 0 Å². The summed E-state index contributed by atoms with van der Waals surface area (Å²) in [6, 6.07) is 13.0. The maximum absolute atomic E-state index is 12.3. The van der Waals surface area contributed by atoms with Gasteiger partial charge in [0.15, 0.2) is 5.17 Å². The van der Waals surface area contributed by atoms with E-state index in [4.69, 9.17) is 11.6 Å². The quantitative estimate of drug-likeness (QED) is 0.861. The number of carbonyl (C=O) groups excluding carboxylic acids is 2. The first-order valence-corrected chi connectivity index (χ1v) is 9.44. The predicted octanol–water partition coefficient (Wildman–Crippen LogP) is 4.03. The molecule has 0 atom stereocenters. The Morgan fingerprint density at radius 2 is 1.88 bits per heavy atom. The van der Waals surface area contributed by atoms with Crippen molar-refractivity contribution in [3.05, 3.63) is 58.6 Å². The van der Waals surface area contributed by atoms with E-state index in [0.29, 0.717) is 15.9 Å². The maximum Gasteiger partial charge on any atom is 0.254 e. The molecule has 2 amide bonds. The highest BCUT2D eigenvalue weighted by Crippen LogP contribution is 2.30. The van der Waals surface area contributed by atoms with Crippen molar-refractivity contribution in [2.75, 3.05) is 22.5 Å². The Kier molecular flexibility index (Phi) is 5.64. The summed E-state index contributed by atoms with van der Waals surface area (Å²) in [5, 5.41) is 3.89. The number of nitrogens with zero attached hydrogens (tertiary/aromatic N) is 2. The summed E-state index contributed by atoms with van der Waals surface area (Å²) in [5.41, 5.74) is 3.42. The molecule has 0 aromatic heterocycles. The molecule has 1 aliphatic heterocycles. The molecule has 0 spiro atoms. The number of aliphatic imine (C=N–C) groups is 1. The average molecular weight is 388 g/mol. The standard InChI is InChI=1S/C19H18ClN3O2S/c1-12-6-5-7-13(2)18(12)22-16(24)11-26-19-21-10-17(25)23(19)15-9-4-3-8-14(15)20/h3-9H,10-11H2,1-2H3,(H,22,24). The SMILES string of the molecule is Cc1cccc(C)c1NC(=O)CSC1=NCC(=O)N1c1ccccc1Cl. The normalized spacial score (nSPS) is 13.7. The van der Waals surface area contributed by atoms with Gasteiger partial charge >= 0.3 is 0 Å². The van der Waals surface area contributed by atoms with Gasteiger partial charge in [-0.2, -0.15) is 0 Å². The number of rotatable bonds is 4. The van der Waals surface area contributed by atoms with E-state index in [1.54, 1.807) is 18.2 Å². The van der Waals surface area contributed by atoms with Gasteiger partial charge in [0.2, 0.25) is 5.91 Å². The molecule has 1 N–H and O–H groups in total. The van der Waals surface area contributed by atoms with Crippen LogP contribution in [0.2, 0.25) is 5.02 Å². The van der Waals surface area contributed by atoms with E-state index in [9.17, 15) is 9.59 Å². The van der Waals surface area contributed by atoms with Crippen LogP contribution in [0.25, 0.3) is 0 Å². The van der Waals surface area contributed by atoms with Gasteiger partial charge in [0.25, 0.3) is 5.91 Å². The van der Waals surface area contributed by atoms with Gasteiger partial charge in [0, 0.05) is 5.69 Å². The zero-order chi connectivity index (χ0) is 18.7. The van der Waals surface area contributed by atoms with Crippen LogP contribution >= 0.6 is 23.4 Å². The molecule has 3 rings (SSSR count). The zero-order valence-electron chi connectivity index (χ0n) is 14.5. The molecule has 0 fully saturated rings. The van der Waals surface area contributed by atoms with Gasteiger partial charge in [0.1, 0.15) is 6.54 Å². The number of para-hydroxylation sites is 2. The summed E-state index contributed by atoms with van der Waals surface area (Å²) in [6.45, 7) is 3.97. The number of hydrogen-bond donors (Lipinski definition) is 1. The lowest BCUT2D eigenvalue weighted by atomic mass is 10.1. The number of halogens is 1. The molecule has 2 aromatic carbocycles. The van der Waals surface area contributed by atoms with E-state index in [0.717, 1.165) is 16.8 Å². The summed E-state index contributed by atoms with van der Waals surface area (Å²) in [5.74, 6) is -0.148. The lowest BCUT2D eigenvalue weighted by molar-refractivity contribution is -0.116. The van der Waals surface area contributed by atoms with Crippen LogP contribution in [0, 0.1) is 13.8 Å². The van der Waals surface area contributed by atoms with E-state index < -0.39 is 0 Å². The van der Waals surface area contributed by atoms with Crippen molar-refractivity contribution in [1.82, 2.24) is 0 Å². The Morgan fingerprint density at radius 1 is 1.19 bits per heavy atom. The van der Waals surface area contributed by atoms with Crippen molar-refractivity contribution in [2.24, 2.45) is 4.99 Å². The van der Waals surface area contributed by atoms with Crippen LogP contribution in [0.3, 0.4) is 0 Å². The minimum atomic E-state index is -0.157. The van der Waals surface area contributed by atoms with Crippen molar-refractivity contribution >= 4 is 51.7 Å². The van der Waals surface area contributed by atoms with Crippen LogP contribution in [-0.2, 0) is 9.59 Å². The van der Waals surface area contributed by atoms with Crippen LogP contribution in [0.1, 0.15) is 11.1 Å². The Morgan fingerprint density at radius 3 is 2.58 bits per heavy atom. The van der Waals surface area contributed by atoms with Gasteiger partial charge in [-0.1, -0.05) is 53.7 Å². The molecule has 0 saturated heterocycles. The predicted molar refractivity (Wildman–Crippen MR) is 108 cm³/mol. The number of aryl methyl sites for hydroxylation is 2. The number of anilines is 2. The maximum atomic E-state index is 12.3. The lowest BCUT2D eigenvalue weighted by Crippen LogP contribution is -2.32. The minimum Gasteiger partial charge on any atom is -0.325 e. The van der Waals surface area contributed by atoms with Crippen molar-refractivity contribution in [3.8, 4) is 0 Å². The van der Waals surface area contributed by atoms with E-state index >= 15 is 0 Å². The van der Waals surface area contributed by atoms with Crippen molar-refractivity contribution < 1.29 is 9.59 Å². The number of amides is 2. The molecule has 26 heavy (non-hydrogen) atoms. The third-order valence-electron chi connectivity index (χ3n) is 3.96. The van der Waals surface area contributed by atoms with Gasteiger partial charge in [-0.3, -0.25) is 19.5 Å². The molecule has 0 bridgehead atoms. The topological polar surface area (TPSA) is 61.8 Å². The second-order valence-electron chi connectivity index (χ2n) is 5.88. The Balaban J connectivity index is 1.68. The number of amidine groups is 1. The number of benzene rings is 2. The summed E-state index contributed by atoms with van der Waals surface area (Å²) in [6.07, 6.45) is 0. The molecule has 1 heterocycles. The zero-order valence-corrected chi connectivity index (χ0v) is 16.0. The van der Waals surface area contributed by atoms with E-state index in [2.05, 4.69) is 10.3 Å². The summed E-state index contributed by atoms with van der Waals surface area (Å²) < 4.78 is 0. The van der Waals surface area contributed by atoms with Crippen molar-refractivity contribution in [2.45, 2.75) is 13.8 Å². The van der Waals surface area contributed by atoms with E-state index in [-0.39, 0.29) is 24.1 Å². The smallest absolute Gasteiger partial charge is 0.254 e. The summed E-state index contributed by atoms with van der Waals surface area (Å²) >= 11 is 7.43. The summed E-state index contributed by atoms with van der Waals surface area (Å²) in [4.78, 5) is 30.3. The number of hydrogen-bond acceptors (Lipinski definition) is 4. The molecule has 2 aromatic rings. The van der Waals surface area contributed by atoms with Crippen LogP contribution < -0.4 is 10.2 Å². The first-order chi connectivity index (χ1) is 12.5. The van der Waals surface area contributed by atoms with E-state index in [1.807, 2.05) is 38.1 Å². The molecule has 0 unspecified atom stereocenters. The third kappa shape index (κ3) is 3.92. The van der Waals surface area contributed by atoms with Crippen LogP contribution in [-0.4, -0.2) is 29.3 Å². The Hall–Kier alpha value is -2.31. The second kappa shape index (κ2) is 7.93. The van der Waals surface area contributed by atoms with Crippen LogP contribution in [0.5, 0.6) is 0 Å². The van der Waals surface area contributed by atoms with Gasteiger partial charge < -0.3 is 5.32 Å². The highest BCUT2D eigenvalue weighted by Gasteiger charge is 2.29. The largest absolute Gasteiger partial charge is 0.325 e. The molecule has 5 nitrogen and oxygen atoms in total. The van der Waals surface area contributed by atoms with Gasteiger partial charge in [-0.25, -0.2) is 0 Å². The molecule has 0 aliphatic carbocycles. The first-order valence-electron chi connectivity index (χ1n) is 8.08. The van der Waals surface area contributed by atoms with Crippen LogP contribution in [0.4, 0.5) is 11.4 Å². The minimum absolute atomic E-state index is 0.0616. The third-order valence-corrected chi connectivity index (χ3v) is 5.26. The fourth-order valence-electron chi connectivity index (χ4n) is 2.68.